The number of oxazole rings is 1. The number of aliphatic hydroxyl groups excluding tert-OH is 1. The van der Waals surface area contributed by atoms with Crippen molar-refractivity contribution in [2.45, 2.75) is 36.0 Å². The van der Waals surface area contributed by atoms with Gasteiger partial charge in [0.05, 0.1) is 16.9 Å². The van der Waals surface area contributed by atoms with Crippen LogP contribution < -0.4 is 9.88 Å². The minimum absolute atomic E-state index is 0.0151. The molecule has 4 N–H and O–H groups in total. The van der Waals surface area contributed by atoms with Gasteiger partial charge in [-0.05, 0) is 42.0 Å². The molecule has 10 heteroatoms. The maximum absolute atomic E-state index is 11.7. The number of nitrogens with zero attached hydrogens (tertiary/aromatic N) is 1. The fraction of sp³-hybridized carbons (Fsp3) is 0.250. The van der Waals surface area contributed by atoms with Crippen LogP contribution in [0.15, 0.2) is 88.2 Å². The molecule has 198 valence electrons. The highest BCUT2D eigenvalue weighted by Crippen LogP contribution is 2.35. The highest BCUT2D eigenvalue weighted by molar-refractivity contribution is 7.89. The Kier molecular flexibility index (Phi) is 7.33. The van der Waals surface area contributed by atoms with Crippen molar-refractivity contribution in [1.29, 1.82) is 0 Å². The molecule has 5 rings (SSSR count). The number of sulfonamides is 1. The van der Waals surface area contributed by atoms with E-state index in [0.717, 1.165) is 5.56 Å². The molecule has 3 aromatic carbocycles. The third-order valence-corrected chi connectivity index (χ3v) is 7.41. The molecule has 1 aliphatic heterocycles. The van der Waals surface area contributed by atoms with Crippen LogP contribution in [-0.4, -0.2) is 43.1 Å². The predicted molar refractivity (Wildman–Crippen MR) is 139 cm³/mol. The van der Waals surface area contributed by atoms with Gasteiger partial charge < -0.3 is 24.1 Å². The van der Waals surface area contributed by atoms with E-state index in [2.05, 4.69) is 4.98 Å². The van der Waals surface area contributed by atoms with Crippen LogP contribution in [0.2, 0.25) is 0 Å². The summed E-state index contributed by atoms with van der Waals surface area (Å²) in [6.07, 6.45) is -0.344. The summed E-state index contributed by atoms with van der Waals surface area (Å²) in [6.45, 7) is 0.955. The van der Waals surface area contributed by atoms with Crippen molar-refractivity contribution in [3.05, 3.63) is 90.3 Å². The number of aliphatic hydroxyl groups is 2. The molecule has 9 nitrogen and oxygen atoms in total. The lowest BCUT2D eigenvalue weighted by Gasteiger charge is -2.32. The summed E-state index contributed by atoms with van der Waals surface area (Å²) in [5.74, 6) is 1.06. The fourth-order valence-electron chi connectivity index (χ4n) is 4.44. The molecule has 1 unspecified atom stereocenters. The minimum Gasteiger partial charge on any atom is -0.465 e. The van der Waals surface area contributed by atoms with E-state index in [4.69, 9.17) is 19.0 Å². The van der Waals surface area contributed by atoms with Crippen molar-refractivity contribution in [3.8, 4) is 28.3 Å². The molecule has 1 aliphatic rings. The second kappa shape index (κ2) is 10.7. The Morgan fingerprint density at radius 1 is 0.974 bits per heavy atom. The molecule has 1 atom stereocenters. The first kappa shape index (κ1) is 26.1. The van der Waals surface area contributed by atoms with Crippen LogP contribution >= 0.6 is 0 Å². The molecule has 2 heterocycles. The van der Waals surface area contributed by atoms with E-state index in [0.29, 0.717) is 54.4 Å². The van der Waals surface area contributed by atoms with E-state index in [1.54, 1.807) is 30.3 Å². The standard InChI is InChI=1S/C28H28N2O7S/c29-38(33,34)23-11-9-20(10-12-23)27-26(19-5-2-1-3-6-19)30-24(37-27)18-25(31)36-22-8-4-7-21(17-22)28(32)13-15-35-16-14-28/h1-12,17,25,31-32H,13-16,18H2,(H2,29,33,34). The average molecular weight is 537 g/mol. The molecule has 0 aliphatic carbocycles. The number of nitrogens with two attached hydrogens (primary N) is 1. The first-order valence-corrected chi connectivity index (χ1v) is 13.7. The number of hydrogen-bond donors (Lipinski definition) is 3. The monoisotopic (exact) mass is 536 g/mol. The molecule has 38 heavy (non-hydrogen) atoms. The molecule has 0 saturated carbocycles. The van der Waals surface area contributed by atoms with Gasteiger partial charge in [0.15, 0.2) is 5.76 Å². The number of ether oxygens (including phenoxy) is 2. The van der Waals surface area contributed by atoms with Crippen molar-refractivity contribution < 1.29 is 32.5 Å². The fourth-order valence-corrected chi connectivity index (χ4v) is 4.96. The first-order valence-electron chi connectivity index (χ1n) is 12.1. The second-order valence-corrected chi connectivity index (χ2v) is 10.7. The third-order valence-electron chi connectivity index (χ3n) is 6.48. The summed E-state index contributed by atoms with van der Waals surface area (Å²) < 4.78 is 40.5. The Bertz CT molecular complexity index is 1500. The molecule has 1 fully saturated rings. The van der Waals surface area contributed by atoms with E-state index < -0.39 is 21.9 Å². The zero-order valence-electron chi connectivity index (χ0n) is 20.5. The first-order chi connectivity index (χ1) is 18.2. The van der Waals surface area contributed by atoms with Crippen molar-refractivity contribution >= 4 is 10.0 Å². The molecule has 1 aromatic heterocycles. The highest BCUT2D eigenvalue weighted by Gasteiger charge is 2.32. The molecule has 0 radical (unpaired) electrons. The molecule has 4 aromatic rings. The lowest BCUT2D eigenvalue weighted by atomic mass is 9.86. The molecular weight excluding hydrogens is 508 g/mol. The minimum atomic E-state index is -3.84. The molecular formula is C28H28N2O7S. The highest BCUT2D eigenvalue weighted by atomic mass is 32.2. The quantitative estimate of drug-likeness (QED) is 0.290. The van der Waals surface area contributed by atoms with Crippen molar-refractivity contribution in [2.24, 2.45) is 5.14 Å². The van der Waals surface area contributed by atoms with Crippen LogP contribution in [-0.2, 0) is 26.8 Å². The Morgan fingerprint density at radius 2 is 1.68 bits per heavy atom. The lowest BCUT2D eigenvalue weighted by Crippen LogP contribution is -2.33. The third kappa shape index (κ3) is 5.79. The topological polar surface area (TPSA) is 145 Å². The maximum Gasteiger partial charge on any atom is 0.238 e. The van der Waals surface area contributed by atoms with Gasteiger partial charge in [-0.3, -0.25) is 0 Å². The van der Waals surface area contributed by atoms with Gasteiger partial charge in [0.1, 0.15) is 11.4 Å². The second-order valence-electron chi connectivity index (χ2n) is 9.17. The van der Waals surface area contributed by atoms with Crippen LogP contribution in [0, 0.1) is 0 Å². The zero-order chi connectivity index (χ0) is 26.8. The molecule has 0 bridgehead atoms. The largest absolute Gasteiger partial charge is 0.465 e. The van der Waals surface area contributed by atoms with Crippen LogP contribution in [0.1, 0.15) is 24.3 Å². The van der Waals surface area contributed by atoms with E-state index in [1.165, 1.54) is 12.1 Å². The van der Waals surface area contributed by atoms with E-state index in [-0.39, 0.29) is 17.2 Å². The lowest BCUT2D eigenvalue weighted by molar-refractivity contribution is -0.0684. The number of hydrogen-bond acceptors (Lipinski definition) is 8. The summed E-state index contributed by atoms with van der Waals surface area (Å²) in [7, 11) is -3.84. The van der Waals surface area contributed by atoms with Gasteiger partial charge in [0, 0.05) is 37.2 Å². The van der Waals surface area contributed by atoms with Crippen LogP contribution in [0.25, 0.3) is 22.6 Å². The normalized spacial score (nSPS) is 16.2. The molecule has 1 saturated heterocycles. The molecule has 0 amide bonds. The Hall–Kier alpha value is -3.54. The summed E-state index contributed by atoms with van der Waals surface area (Å²) in [5.41, 5.74) is 1.64. The average Bonchev–Trinajstić information content (AvgIpc) is 3.33. The zero-order valence-corrected chi connectivity index (χ0v) is 21.3. The van der Waals surface area contributed by atoms with Gasteiger partial charge >= 0.3 is 0 Å². The number of aromatic nitrogens is 1. The van der Waals surface area contributed by atoms with Gasteiger partial charge in [0.25, 0.3) is 0 Å². The van der Waals surface area contributed by atoms with E-state index in [1.807, 2.05) is 36.4 Å². The van der Waals surface area contributed by atoms with Gasteiger partial charge in [-0.1, -0.05) is 42.5 Å². The van der Waals surface area contributed by atoms with Crippen molar-refractivity contribution in [3.63, 3.8) is 0 Å². The number of benzene rings is 3. The van der Waals surface area contributed by atoms with Gasteiger partial charge in [-0.2, -0.15) is 0 Å². The van der Waals surface area contributed by atoms with Gasteiger partial charge in [0.2, 0.25) is 22.2 Å². The Labute approximate surface area is 220 Å². The maximum atomic E-state index is 11.7. The summed E-state index contributed by atoms with van der Waals surface area (Å²) in [6, 6.07) is 22.4. The summed E-state index contributed by atoms with van der Waals surface area (Å²) in [4.78, 5) is 4.59. The van der Waals surface area contributed by atoms with Crippen LogP contribution in [0.5, 0.6) is 5.75 Å². The Balaban J connectivity index is 1.38. The van der Waals surface area contributed by atoms with Crippen LogP contribution in [0.3, 0.4) is 0 Å². The van der Waals surface area contributed by atoms with Gasteiger partial charge in [-0.15, -0.1) is 0 Å². The van der Waals surface area contributed by atoms with E-state index in [9.17, 15) is 18.6 Å². The summed E-state index contributed by atoms with van der Waals surface area (Å²) >= 11 is 0. The SMILES string of the molecule is NS(=O)(=O)c1ccc(-c2oc(CC(O)Oc3cccc(C4(O)CCOCC4)c3)nc2-c2ccccc2)cc1. The van der Waals surface area contributed by atoms with E-state index >= 15 is 0 Å². The van der Waals surface area contributed by atoms with Crippen molar-refractivity contribution in [2.75, 3.05) is 13.2 Å². The number of primary sulfonamides is 1. The van der Waals surface area contributed by atoms with Gasteiger partial charge in [-0.25, -0.2) is 18.5 Å². The van der Waals surface area contributed by atoms with Crippen LogP contribution in [0.4, 0.5) is 0 Å². The predicted octanol–water partition coefficient (Wildman–Crippen LogP) is 3.59. The summed E-state index contributed by atoms with van der Waals surface area (Å²) in [5, 5.41) is 26.9. The number of rotatable bonds is 8. The molecule has 0 spiro atoms. The smallest absolute Gasteiger partial charge is 0.238 e. The van der Waals surface area contributed by atoms with Crippen molar-refractivity contribution in [1.82, 2.24) is 4.98 Å². The Morgan fingerprint density at radius 3 is 2.37 bits per heavy atom.